The first-order chi connectivity index (χ1) is 19.5. The number of benzene rings is 1. The van der Waals surface area contributed by atoms with E-state index in [0.29, 0.717) is 19.0 Å². The van der Waals surface area contributed by atoms with Crippen LogP contribution in [0.15, 0.2) is 41.9 Å². The van der Waals surface area contributed by atoms with Crippen molar-refractivity contribution in [2.45, 2.75) is 45.2 Å². The van der Waals surface area contributed by atoms with E-state index in [1.165, 1.54) is 34.2 Å². The molecule has 1 aliphatic carbocycles. The number of aromatic nitrogens is 2. The summed E-state index contributed by atoms with van der Waals surface area (Å²) in [5.41, 5.74) is 3.76. The number of hydrogen-bond acceptors (Lipinski definition) is 9. The first kappa shape index (κ1) is 26.9. The van der Waals surface area contributed by atoms with Crippen LogP contribution in [0.3, 0.4) is 0 Å². The Labute approximate surface area is 241 Å². The average molecular weight is 558 g/mol. The van der Waals surface area contributed by atoms with Gasteiger partial charge in [-0.1, -0.05) is 12.1 Å². The zero-order valence-corrected chi connectivity index (χ0v) is 24.7. The van der Waals surface area contributed by atoms with Gasteiger partial charge in [-0.2, -0.15) is 15.2 Å². The second-order valence-corrected chi connectivity index (χ2v) is 12.7. The number of allylic oxidation sites excluding steroid dienone is 1. The van der Waals surface area contributed by atoms with Crippen LogP contribution in [0.25, 0.3) is 10.1 Å². The number of thiophene rings is 1. The van der Waals surface area contributed by atoms with E-state index in [1.54, 1.807) is 11.3 Å². The standard InChI is InChI=1S/C31H39N7OS/c1-4-14-36-16-17-38(19-23(36)8-13-32)29-24-9-15-37(27-6-5-7-28-25(27)10-18-40-28)20-26(24)33-30(34-29)39-22-31(11-12-31)21-35(2)3/h4-7,10,14,18,23H,8-9,11-12,15-17,19-22H2,1-3H3. The topological polar surface area (TPSA) is 71.8 Å². The van der Waals surface area contributed by atoms with Gasteiger partial charge >= 0.3 is 6.01 Å². The van der Waals surface area contributed by atoms with Crippen LogP contribution in [0, 0.1) is 16.7 Å². The molecule has 4 heterocycles. The fourth-order valence-corrected chi connectivity index (χ4v) is 7.13. The fraction of sp³-hybridized carbons (Fsp3) is 0.516. The van der Waals surface area contributed by atoms with Gasteiger partial charge in [0, 0.05) is 59.5 Å². The van der Waals surface area contributed by atoms with Crippen molar-refractivity contribution in [2.24, 2.45) is 5.41 Å². The molecule has 8 nitrogen and oxygen atoms in total. The van der Waals surface area contributed by atoms with Gasteiger partial charge in [-0.25, -0.2) is 0 Å². The first-order valence-corrected chi connectivity index (χ1v) is 15.3. The van der Waals surface area contributed by atoms with Crippen LogP contribution >= 0.6 is 11.3 Å². The summed E-state index contributed by atoms with van der Waals surface area (Å²) in [6, 6.07) is 11.8. The minimum atomic E-state index is 0.135. The highest BCUT2D eigenvalue weighted by atomic mass is 32.1. The average Bonchev–Trinajstić information content (AvgIpc) is 3.53. The van der Waals surface area contributed by atoms with Gasteiger partial charge < -0.3 is 24.3 Å². The van der Waals surface area contributed by atoms with Crippen molar-refractivity contribution in [1.29, 1.82) is 5.26 Å². The van der Waals surface area contributed by atoms with Crippen molar-refractivity contribution in [1.82, 2.24) is 19.8 Å². The number of hydrogen-bond donors (Lipinski definition) is 0. The Hall–Kier alpha value is -3.35. The number of anilines is 2. The molecule has 2 aromatic heterocycles. The van der Waals surface area contributed by atoms with E-state index in [4.69, 9.17) is 14.7 Å². The lowest BCUT2D eigenvalue weighted by Gasteiger charge is -2.42. The largest absolute Gasteiger partial charge is 0.463 e. The molecule has 0 N–H and O–H groups in total. The number of fused-ring (bicyclic) bond motifs is 2. The number of ether oxygens (including phenoxy) is 1. The molecule has 3 aliphatic rings. The summed E-state index contributed by atoms with van der Waals surface area (Å²) in [7, 11) is 4.25. The van der Waals surface area contributed by atoms with Crippen molar-refractivity contribution in [3.63, 3.8) is 0 Å². The summed E-state index contributed by atoms with van der Waals surface area (Å²) < 4.78 is 7.71. The number of nitriles is 1. The molecule has 1 unspecified atom stereocenters. The summed E-state index contributed by atoms with van der Waals surface area (Å²) in [5.74, 6) is 0.994. The Morgan fingerprint density at radius 1 is 1.18 bits per heavy atom. The number of nitrogens with zero attached hydrogens (tertiary/aromatic N) is 7. The van der Waals surface area contributed by atoms with Crippen molar-refractivity contribution < 1.29 is 4.74 Å². The van der Waals surface area contributed by atoms with E-state index in [2.05, 4.69) is 81.7 Å². The van der Waals surface area contributed by atoms with Gasteiger partial charge in [0.05, 0.1) is 37.4 Å². The van der Waals surface area contributed by atoms with E-state index in [0.717, 1.165) is 57.2 Å². The lowest BCUT2D eigenvalue weighted by molar-refractivity contribution is 0.182. The molecule has 0 amide bonds. The van der Waals surface area contributed by atoms with Crippen LogP contribution in [-0.4, -0.2) is 79.2 Å². The molecule has 2 aliphatic heterocycles. The molecule has 6 rings (SSSR count). The normalized spacial score (nSPS) is 20.3. The van der Waals surface area contributed by atoms with Crippen molar-refractivity contribution in [2.75, 3.05) is 63.2 Å². The zero-order valence-electron chi connectivity index (χ0n) is 23.8. The molecule has 40 heavy (non-hydrogen) atoms. The third-order valence-electron chi connectivity index (χ3n) is 8.45. The Balaban J connectivity index is 1.31. The Morgan fingerprint density at radius 3 is 2.83 bits per heavy atom. The third kappa shape index (κ3) is 5.48. The van der Waals surface area contributed by atoms with Gasteiger partial charge in [0.2, 0.25) is 0 Å². The van der Waals surface area contributed by atoms with Crippen LogP contribution in [0.1, 0.15) is 37.4 Å². The van der Waals surface area contributed by atoms with E-state index in [9.17, 15) is 5.26 Å². The predicted molar refractivity (Wildman–Crippen MR) is 162 cm³/mol. The lowest BCUT2D eigenvalue weighted by atomic mass is 10.0. The highest BCUT2D eigenvalue weighted by molar-refractivity contribution is 7.17. The molecule has 1 saturated carbocycles. The summed E-state index contributed by atoms with van der Waals surface area (Å²) >= 11 is 1.79. The first-order valence-electron chi connectivity index (χ1n) is 14.4. The van der Waals surface area contributed by atoms with Gasteiger partial charge in [-0.3, -0.25) is 0 Å². The fourth-order valence-electron chi connectivity index (χ4n) is 6.32. The highest BCUT2D eigenvalue weighted by Gasteiger charge is 2.44. The monoisotopic (exact) mass is 557 g/mol. The second-order valence-electron chi connectivity index (χ2n) is 11.7. The van der Waals surface area contributed by atoms with Crippen molar-refractivity contribution in [3.05, 3.63) is 53.2 Å². The molecular formula is C31H39N7OS. The molecule has 1 aromatic carbocycles. The smallest absolute Gasteiger partial charge is 0.318 e. The van der Waals surface area contributed by atoms with Crippen LogP contribution in [0.4, 0.5) is 11.5 Å². The molecule has 0 spiro atoms. The van der Waals surface area contributed by atoms with E-state index in [-0.39, 0.29) is 11.5 Å². The molecule has 3 aromatic rings. The highest BCUT2D eigenvalue weighted by Crippen LogP contribution is 2.46. The summed E-state index contributed by atoms with van der Waals surface area (Å²) in [6.45, 7) is 7.85. The predicted octanol–water partition coefficient (Wildman–Crippen LogP) is 4.91. The minimum absolute atomic E-state index is 0.135. The number of piperazine rings is 1. The van der Waals surface area contributed by atoms with Gasteiger partial charge in [-0.05, 0) is 70.1 Å². The quantitative estimate of drug-likeness (QED) is 0.368. The third-order valence-corrected chi connectivity index (χ3v) is 9.33. The van der Waals surface area contributed by atoms with Gasteiger partial charge in [0.15, 0.2) is 0 Å². The maximum atomic E-state index is 9.54. The molecule has 9 heteroatoms. The van der Waals surface area contributed by atoms with Gasteiger partial charge in [0.25, 0.3) is 0 Å². The van der Waals surface area contributed by atoms with Crippen LogP contribution in [0.5, 0.6) is 6.01 Å². The van der Waals surface area contributed by atoms with E-state index >= 15 is 0 Å². The minimum Gasteiger partial charge on any atom is -0.463 e. The van der Waals surface area contributed by atoms with Crippen molar-refractivity contribution >= 4 is 32.9 Å². The van der Waals surface area contributed by atoms with Crippen molar-refractivity contribution in [3.8, 4) is 12.1 Å². The second kappa shape index (κ2) is 11.3. The van der Waals surface area contributed by atoms with E-state index < -0.39 is 0 Å². The van der Waals surface area contributed by atoms with Crippen LogP contribution in [-0.2, 0) is 13.0 Å². The van der Waals surface area contributed by atoms with Gasteiger partial charge in [0.1, 0.15) is 5.82 Å². The summed E-state index contributed by atoms with van der Waals surface area (Å²) in [6.07, 6.45) is 7.92. The zero-order chi connectivity index (χ0) is 27.7. The van der Waals surface area contributed by atoms with Gasteiger partial charge in [-0.15, -0.1) is 11.3 Å². The van der Waals surface area contributed by atoms with Crippen LogP contribution < -0.4 is 14.5 Å². The SMILES string of the molecule is CC=CN1CCN(c2nc(OCC3(CN(C)C)CC3)nc3c2CCN(c2cccc4sccc24)C3)CC1CC#N. The molecule has 0 radical (unpaired) electrons. The molecule has 2 fully saturated rings. The molecular weight excluding hydrogens is 518 g/mol. The van der Waals surface area contributed by atoms with E-state index in [1.807, 2.05) is 6.92 Å². The maximum absolute atomic E-state index is 9.54. The maximum Gasteiger partial charge on any atom is 0.318 e. The molecule has 1 atom stereocenters. The Kier molecular flexibility index (Phi) is 7.56. The summed E-state index contributed by atoms with van der Waals surface area (Å²) in [4.78, 5) is 19.5. The summed E-state index contributed by atoms with van der Waals surface area (Å²) in [5, 5.41) is 13.0. The van der Waals surface area contributed by atoms with Crippen LogP contribution in [0.2, 0.25) is 0 Å². The number of rotatable bonds is 9. The molecule has 1 saturated heterocycles. The Bertz CT molecular complexity index is 1420. The Morgan fingerprint density at radius 2 is 2.05 bits per heavy atom. The molecule has 0 bridgehead atoms. The molecule has 210 valence electrons. The lowest BCUT2D eigenvalue weighted by Crippen LogP contribution is -2.51.